The highest BCUT2D eigenvalue weighted by Crippen LogP contribution is 2.49. The first kappa shape index (κ1) is 63.6. The van der Waals surface area contributed by atoms with Crippen molar-refractivity contribution in [3.63, 3.8) is 0 Å². The minimum atomic E-state index is 0.0286. The summed E-state index contributed by atoms with van der Waals surface area (Å²) in [6, 6.07) is 140. The molecule has 16 aromatic carbocycles. The molecule has 1 aliphatic rings. The van der Waals surface area contributed by atoms with Crippen LogP contribution in [0.3, 0.4) is 0 Å². The summed E-state index contributed by atoms with van der Waals surface area (Å²) in [4.78, 5) is 0. The average molecular weight is 1270 g/mol. The molecule has 0 saturated heterocycles. The minimum Gasteiger partial charge on any atom is -0.356 e. The van der Waals surface area contributed by atoms with E-state index in [9.17, 15) is 0 Å². The van der Waals surface area contributed by atoms with Gasteiger partial charge in [-0.3, -0.25) is 0 Å². The number of benzene rings is 16. The molecule has 0 fully saturated rings. The van der Waals surface area contributed by atoms with Crippen molar-refractivity contribution in [3.8, 4) is 66.8 Å². The minimum absolute atomic E-state index is 0.0286. The molecule has 99 heavy (non-hydrogen) atoms. The summed E-state index contributed by atoms with van der Waals surface area (Å²) in [6.07, 6.45) is 0. The van der Waals surface area contributed by atoms with Gasteiger partial charge in [0.25, 0.3) is 0 Å². The highest BCUT2D eigenvalue weighted by atomic mass is 14.9. The molecule has 0 aliphatic heterocycles. The molecule has 4 heteroatoms. The van der Waals surface area contributed by atoms with Crippen molar-refractivity contribution in [2.45, 2.75) is 19.3 Å². The van der Waals surface area contributed by atoms with Gasteiger partial charge in [-0.25, -0.2) is 0 Å². The molecule has 1 aliphatic carbocycles. The van der Waals surface area contributed by atoms with Crippen LogP contribution in [-0.2, 0) is 5.41 Å². The molecule has 17 rings (SSSR count). The van der Waals surface area contributed by atoms with E-state index in [1.807, 2.05) is 30.3 Å². The van der Waals surface area contributed by atoms with Crippen molar-refractivity contribution in [1.82, 2.24) is 0 Å². The first-order chi connectivity index (χ1) is 48.8. The quantitative estimate of drug-likeness (QED) is 0.0929. The van der Waals surface area contributed by atoms with Crippen LogP contribution in [0.15, 0.2) is 400 Å². The first-order valence-corrected chi connectivity index (χ1v) is 33.9. The third kappa shape index (κ3) is 15.7. The van der Waals surface area contributed by atoms with Crippen LogP contribution < -0.4 is 21.3 Å². The topological polar surface area (TPSA) is 48.1 Å². The number of nitrogens with one attached hydrogen (secondary N) is 4. The molecule has 4 N–H and O–H groups in total. The standard InChI is InChI=1S/C27H23N.C24H19N.2C22H17N/c1-27(2)25-11-7-6-10-23(25)24-17-16-22(18-26(24)27)28-21-14-12-20(13-15-21)19-8-4-3-5-9-19;1-3-7-19(8-4-1)21-11-15-23(16-12-21)25-24-17-13-22(14-18-24)20-9-5-2-6-10-20;1-2-7-17(8-3-1)18-13-15-20(16-14-18)23-22-12-6-10-19-9-4-5-11-21(19)22;1-2-6-17(7-3-1)19-10-13-21(14-11-19)23-22-15-12-18-8-4-5-9-20(18)16-22/h3-18,28H,1-2H3;1-18,25H;2*1-16,23H. The van der Waals surface area contributed by atoms with Crippen molar-refractivity contribution >= 4 is 67.0 Å². The monoisotopic (exact) mass is 1270 g/mol. The maximum atomic E-state index is 3.58. The average Bonchev–Trinajstić information content (AvgIpc) is 1.58. The van der Waals surface area contributed by atoms with Gasteiger partial charge in [0.05, 0.1) is 0 Å². The van der Waals surface area contributed by atoms with Gasteiger partial charge in [0.15, 0.2) is 0 Å². The van der Waals surface area contributed by atoms with Crippen LogP contribution in [0, 0.1) is 0 Å². The maximum Gasteiger partial charge on any atom is 0.0463 e. The third-order valence-electron chi connectivity index (χ3n) is 18.2. The molecule has 0 unspecified atom stereocenters. The molecule has 476 valence electrons. The summed E-state index contributed by atoms with van der Waals surface area (Å²) in [6.45, 7) is 4.63. The van der Waals surface area contributed by atoms with Crippen molar-refractivity contribution in [2.75, 3.05) is 21.3 Å². The highest BCUT2D eigenvalue weighted by Gasteiger charge is 2.35. The Morgan fingerprint density at radius 3 is 0.909 bits per heavy atom. The molecule has 4 nitrogen and oxygen atoms in total. The number of hydrogen-bond donors (Lipinski definition) is 4. The second-order valence-electron chi connectivity index (χ2n) is 25.2. The second-order valence-corrected chi connectivity index (χ2v) is 25.2. The smallest absolute Gasteiger partial charge is 0.0463 e. The highest BCUT2D eigenvalue weighted by molar-refractivity contribution is 5.95. The predicted octanol–water partition coefficient (Wildman–Crippen LogP) is 26.7. The Morgan fingerprint density at radius 2 is 0.475 bits per heavy atom. The molecule has 0 spiro atoms. The van der Waals surface area contributed by atoms with E-state index in [1.54, 1.807) is 0 Å². The Hall–Kier alpha value is -12.8. The summed E-state index contributed by atoms with van der Waals surface area (Å²) in [5, 5.41) is 19.0. The van der Waals surface area contributed by atoms with Crippen LogP contribution in [0.1, 0.15) is 25.0 Å². The SMILES string of the molecule is CC1(C)c2ccccc2-c2ccc(Nc3ccc(-c4ccccc4)cc3)cc21.c1ccc(-c2ccc(Nc3ccc(-c4ccccc4)cc3)cc2)cc1.c1ccc(-c2ccc(Nc3ccc4ccccc4c3)cc2)cc1.c1ccc(-c2ccc(Nc3cccc4ccccc34)cc2)cc1. The Balaban J connectivity index is 0.000000113. The zero-order valence-electron chi connectivity index (χ0n) is 55.6. The van der Waals surface area contributed by atoms with Crippen LogP contribution in [0.5, 0.6) is 0 Å². The van der Waals surface area contributed by atoms with Crippen LogP contribution in [0.4, 0.5) is 45.5 Å². The Morgan fingerprint density at radius 1 is 0.182 bits per heavy atom. The van der Waals surface area contributed by atoms with E-state index in [0.29, 0.717) is 0 Å². The van der Waals surface area contributed by atoms with Gasteiger partial charge < -0.3 is 21.3 Å². The number of fused-ring (bicyclic) bond motifs is 5. The van der Waals surface area contributed by atoms with Crippen LogP contribution >= 0.6 is 0 Å². The van der Waals surface area contributed by atoms with E-state index in [1.165, 1.54) is 99.4 Å². The van der Waals surface area contributed by atoms with E-state index in [4.69, 9.17) is 0 Å². The van der Waals surface area contributed by atoms with Crippen molar-refractivity contribution in [3.05, 3.63) is 412 Å². The molecule has 0 amide bonds. The molecule has 0 heterocycles. The van der Waals surface area contributed by atoms with Crippen molar-refractivity contribution in [2.24, 2.45) is 0 Å². The zero-order valence-corrected chi connectivity index (χ0v) is 55.6. The van der Waals surface area contributed by atoms with Gasteiger partial charge in [0.1, 0.15) is 0 Å². The lowest BCUT2D eigenvalue weighted by Gasteiger charge is -2.22. The predicted molar refractivity (Wildman–Crippen MR) is 424 cm³/mol. The van der Waals surface area contributed by atoms with Crippen LogP contribution in [-0.4, -0.2) is 0 Å². The first-order valence-electron chi connectivity index (χ1n) is 33.9. The maximum absolute atomic E-state index is 3.58. The molecular formula is C95H76N4. The summed E-state index contributed by atoms with van der Waals surface area (Å²) < 4.78 is 0. The summed E-state index contributed by atoms with van der Waals surface area (Å²) in [5.74, 6) is 0. The zero-order chi connectivity index (χ0) is 67.0. The number of anilines is 8. The lowest BCUT2D eigenvalue weighted by atomic mass is 9.82. The lowest BCUT2D eigenvalue weighted by Crippen LogP contribution is -2.15. The summed E-state index contributed by atoms with van der Waals surface area (Å²) >= 11 is 0. The van der Waals surface area contributed by atoms with Gasteiger partial charge in [0.2, 0.25) is 0 Å². The third-order valence-corrected chi connectivity index (χ3v) is 18.2. The molecule has 0 radical (unpaired) electrons. The Bertz CT molecular complexity index is 5160. The largest absolute Gasteiger partial charge is 0.356 e. The van der Waals surface area contributed by atoms with Gasteiger partial charge in [0, 0.05) is 56.3 Å². The van der Waals surface area contributed by atoms with Crippen molar-refractivity contribution in [1.29, 1.82) is 0 Å². The van der Waals surface area contributed by atoms with E-state index in [-0.39, 0.29) is 5.41 Å². The molecule has 16 aromatic rings. The lowest BCUT2D eigenvalue weighted by molar-refractivity contribution is 0.660. The van der Waals surface area contributed by atoms with Crippen LogP contribution in [0.25, 0.3) is 88.3 Å². The summed E-state index contributed by atoms with van der Waals surface area (Å²) in [5.41, 5.74) is 26.7. The molecule has 0 atom stereocenters. The van der Waals surface area contributed by atoms with Gasteiger partial charge >= 0.3 is 0 Å². The molecule has 0 bridgehead atoms. The number of rotatable bonds is 13. The van der Waals surface area contributed by atoms with E-state index < -0.39 is 0 Å². The number of hydrogen-bond acceptors (Lipinski definition) is 4. The van der Waals surface area contributed by atoms with Crippen molar-refractivity contribution < 1.29 is 0 Å². The van der Waals surface area contributed by atoms with E-state index in [2.05, 4.69) is 405 Å². The van der Waals surface area contributed by atoms with Crippen LogP contribution in [0.2, 0.25) is 0 Å². The van der Waals surface area contributed by atoms with E-state index >= 15 is 0 Å². The normalized spacial score (nSPS) is 11.4. The molecular weight excluding hydrogens is 1200 g/mol. The summed E-state index contributed by atoms with van der Waals surface area (Å²) in [7, 11) is 0. The van der Waals surface area contributed by atoms with E-state index in [0.717, 1.165) is 45.5 Å². The van der Waals surface area contributed by atoms with Gasteiger partial charge in [-0.15, -0.1) is 0 Å². The second kappa shape index (κ2) is 30.3. The molecule has 0 aromatic heterocycles. The Labute approximate surface area is 582 Å². The Kier molecular flexibility index (Phi) is 19.5. The fourth-order valence-electron chi connectivity index (χ4n) is 12.9. The fourth-order valence-corrected chi connectivity index (χ4v) is 12.9. The van der Waals surface area contributed by atoms with Gasteiger partial charge in [-0.2, -0.15) is 0 Å². The molecule has 0 saturated carbocycles. The van der Waals surface area contributed by atoms with Gasteiger partial charge in [-0.05, 0) is 185 Å². The fraction of sp³-hybridized carbons (Fsp3) is 0.0316. The van der Waals surface area contributed by atoms with Gasteiger partial charge in [-0.1, -0.05) is 323 Å².